The fourth-order valence-electron chi connectivity index (χ4n) is 3.71. The van der Waals surface area contributed by atoms with Gasteiger partial charge in [-0.1, -0.05) is 5.92 Å². The molecule has 0 saturated heterocycles. The highest BCUT2D eigenvalue weighted by atomic mass is 19.1. The van der Waals surface area contributed by atoms with Gasteiger partial charge in [-0.2, -0.15) is 0 Å². The lowest BCUT2D eigenvalue weighted by molar-refractivity contribution is -0.155. The molecule has 0 aliphatic rings. The number of anilines is 1. The molecular weight excluding hydrogens is 463 g/mol. The van der Waals surface area contributed by atoms with Gasteiger partial charge in [-0.3, -0.25) is 19.2 Å². The smallest absolute Gasteiger partial charge is 0.311 e. The number of carbonyl (C=O) groups excluding carboxylic acids is 4. The summed E-state index contributed by atoms with van der Waals surface area (Å²) in [5.74, 6) is -0.412. The lowest BCUT2D eigenvalue weighted by Gasteiger charge is -2.25. The van der Waals surface area contributed by atoms with Gasteiger partial charge in [0.25, 0.3) is 5.91 Å². The summed E-state index contributed by atoms with van der Waals surface area (Å²) in [5, 5.41) is 2.71. The number of halogens is 1. The second-order valence-corrected chi connectivity index (χ2v) is 10.4. The highest BCUT2D eigenvalue weighted by molar-refractivity contribution is 6.44. The van der Waals surface area contributed by atoms with Crippen molar-refractivity contribution in [1.29, 1.82) is 0 Å². The Morgan fingerprint density at radius 2 is 1.72 bits per heavy atom. The minimum absolute atomic E-state index is 0.119. The van der Waals surface area contributed by atoms with Crippen LogP contribution >= 0.6 is 0 Å². The maximum Gasteiger partial charge on any atom is 0.311 e. The van der Waals surface area contributed by atoms with Crippen molar-refractivity contribution in [1.82, 2.24) is 4.57 Å². The Bertz CT molecular complexity index is 1280. The van der Waals surface area contributed by atoms with Crippen molar-refractivity contribution in [3.8, 4) is 12.3 Å². The van der Waals surface area contributed by atoms with Gasteiger partial charge in [0.2, 0.25) is 11.6 Å². The van der Waals surface area contributed by atoms with E-state index in [-0.39, 0.29) is 24.3 Å². The van der Waals surface area contributed by atoms with Gasteiger partial charge in [-0.05, 0) is 77.8 Å². The number of esters is 1. The summed E-state index contributed by atoms with van der Waals surface area (Å²) < 4.78 is 20.4. The Kier molecular flexibility index (Phi) is 8.30. The number of benzene rings is 1. The Labute approximate surface area is 211 Å². The zero-order chi connectivity index (χ0) is 27.6. The lowest BCUT2D eigenvalue weighted by Crippen LogP contribution is -2.32. The van der Waals surface area contributed by atoms with Crippen LogP contribution in [0.4, 0.5) is 10.1 Å². The molecule has 1 amide bonds. The molecule has 1 aromatic carbocycles. The van der Waals surface area contributed by atoms with Gasteiger partial charge >= 0.3 is 5.97 Å². The number of nitrogens with one attached hydrogen (secondary N) is 1. The maximum atomic E-state index is 13.6. The summed E-state index contributed by atoms with van der Waals surface area (Å²) in [6.45, 7) is 11.3. The molecule has 1 N–H and O–H groups in total. The molecule has 0 fully saturated rings. The van der Waals surface area contributed by atoms with E-state index in [9.17, 15) is 23.6 Å². The first-order chi connectivity index (χ1) is 16.5. The van der Waals surface area contributed by atoms with Gasteiger partial charge in [0, 0.05) is 24.8 Å². The standard InChI is InChI=1S/C28H33FN2O5/c1-10-28(8,15-36-26(35)27(5,6)7)14-21(32)24(33)22-17(3)23(31(9)18(22)4)25(34)30-19-11-12-20(29)16(2)13-19/h1,11-13H,14-15H2,2-9H3,(H,30,34)/t28-/m1/s1. The number of ether oxygens (including phenoxy) is 1. The van der Waals surface area contributed by atoms with E-state index < -0.39 is 40.1 Å². The van der Waals surface area contributed by atoms with E-state index in [1.54, 1.807) is 55.5 Å². The number of rotatable bonds is 8. The van der Waals surface area contributed by atoms with Gasteiger partial charge in [-0.25, -0.2) is 4.39 Å². The molecular formula is C28H33FN2O5. The minimum Gasteiger partial charge on any atom is -0.464 e. The molecule has 0 radical (unpaired) electrons. The molecule has 192 valence electrons. The van der Waals surface area contributed by atoms with Gasteiger partial charge in [-0.15, -0.1) is 6.42 Å². The summed E-state index contributed by atoms with van der Waals surface area (Å²) in [4.78, 5) is 51.3. The van der Waals surface area contributed by atoms with E-state index in [0.29, 0.717) is 22.5 Å². The van der Waals surface area contributed by atoms with E-state index in [1.165, 1.54) is 22.8 Å². The highest BCUT2D eigenvalue weighted by Gasteiger charge is 2.35. The molecule has 8 heteroatoms. The molecule has 1 aromatic heterocycles. The fraction of sp³-hybridized carbons (Fsp3) is 0.429. The quantitative estimate of drug-likeness (QED) is 0.247. The van der Waals surface area contributed by atoms with Gasteiger partial charge in [0.1, 0.15) is 18.1 Å². The topological polar surface area (TPSA) is 94.5 Å². The van der Waals surface area contributed by atoms with Crippen molar-refractivity contribution < 1.29 is 28.3 Å². The van der Waals surface area contributed by atoms with E-state index >= 15 is 0 Å². The van der Waals surface area contributed by atoms with Crippen LogP contribution in [0.5, 0.6) is 0 Å². The maximum absolute atomic E-state index is 13.6. The van der Waals surface area contributed by atoms with Crippen LogP contribution in [0, 0.1) is 49.8 Å². The molecule has 0 saturated carbocycles. The van der Waals surface area contributed by atoms with E-state index in [4.69, 9.17) is 11.2 Å². The number of hydrogen-bond acceptors (Lipinski definition) is 5. The van der Waals surface area contributed by atoms with Crippen LogP contribution in [0.2, 0.25) is 0 Å². The normalized spacial score (nSPS) is 12.9. The monoisotopic (exact) mass is 496 g/mol. The molecule has 36 heavy (non-hydrogen) atoms. The Hall–Kier alpha value is -3.73. The Balaban J connectivity index is 2.27. The van der Waals surface area contributed by atoms with Gasteiger partial charge in [0.15, 0.2) is 0 Å². The summed E-state index contributed by atoms with van der Waals surface area (Å²) in [6, 6.07) is 4.19. The second-order valence-electron chi connectivity index (χ2n) is 10.4. The molecule has 0 aliphatic carbocycles. The molecule has 1 heterocycles. The number of nitrogens with zero attached hydrogens (tertiary/aromatic N) is 1. The van der Waals surface area contributed by atoms with Crippen molar-refractivity contribution in [2.24, 2.45) is 17.9 Å². The van der Waals surface area contributed by atoms with Crippen LogP contribution in [-0.2, 0) is 21.4 Å². The van der Waals surface area contributed by atoms with Crippen molar-refractivity contribution in [2.45, 2.75) is 54.9 Å². The summed E-state index contributed by atoms with van der Waals surface area (Å²) in [5.41, 5.74) is -0.0470. The number of aryl methyl sites for hydroxylation is 1. The van der Waals surface area contributed by atoms with E-state index in [0.717, 1.165) is 0 Å². The molecule has 2 rings (SSSR count). The molecule has 0 spiro atoms. The van der Waals surface area contributed by atoms with Crippen LogP contribution in [0.15, 0.2) is 18.2 Å². The highest BCUT2D eigenvalue weighted by Crippen LogP contribution is 2.28. The molecule has 2 aromatic rings. The van der Waals surface area contributed by atoms with Crippen molar-refractivity contribution in [2.75, 3.05) is 11.9 Å². The van der Waals surface area contributed by atoms with Crippen molar-refractivity contribution in [3.63, 3.8) is 0 Å². The number of amides is 1. The first-order valence-electron chi connectivity index (χ1n) is 11.5. The van der Waals surface area contributed by atoms with Crippen LogP contribution in [-0.4, -0.2) is 34.6 Å². The number of carbonyl (C=O) groups is 4. The third-order valence-electron chi connectivity index (χ3n) is 6.08. The third kappa shape index (κ3) is 6.09. The van der Waals surface area contributed by atoms with E-state index in [1.807, 2.05) is 0 Å². The summed E-state index contributed by atoms with van der Waals surface area (Å²) in [7, 11) is 1.62. The Morgan fingerprint density at radius 1 is 1.11 bits per heavy atom. The predicted molar refractivity (Wildman–Crippen MR) is 135 cm³/mol. The predicted octanol–water partition coefficient (Wildman–Crippen LogP) is 4.71. The fourth-order valence-corrected chi connectivity index (χ4v) is 3.71. The SMILES string of the molecule is C#C[C@@](C)(COC(=O)C(C)(C)C)CC(=O)C(=O)c1c(C)c(C(=O)Nc2ccc(F)c(C)c2)n(C)c1C. The van der Waals surface area contributed by atoms with Crippen molar-refractivity contribution >= 4 is 29.1 Å². The third-order valence-corrected chi connectivity index (χ3v) is 6.08. The molecule has 0 unspecified atom stereocenters. The van der Waals surface area contributed by atoms with Crippen molar-refractivity contribution in [3.05, 3.63) is 52.1 Å². The molecule has 1 atom stereocenters. The van der Waals surface area contributed by atoms with Crippen LogP contribution in [0.25, 0.3) is 0 Å². The Morgan fingerprint density at radius 3 is 2.25 bits per heavy atom. The molecule has 0 aliphatic heterocycles. The lowest BCUT2D eigenvalue weighted by atomic mass is 9.84. The average Bonchev–Trinajstić information content (AvgIpc) is 3.01. The first-order valence-corrected chi connectivity index (χ1v) is 11.5. The van der Waals surface area contributed by atoms with E-state index in [2.05, 4.69) is 11.2 Å². The molecule has 0 bridgehead atoms. The average molecular weight is 497 g/mol. The first kappa shape index (κ1) is 28.5. The van der Waals surface area contributed by atoms with Gasteiger partial charge in [0.05, 0.1) is 16.4 Å². The number of Topliss-reactive ketones (excluding diaryl/α,β-unsaturated/α-hetero) is 2. The second kappa shape index (κ2) is 10.5. The van der Waals surface area contributed by atoms with Gasteiger partial charge < -0.3 is 14.6 Å². The van der Waals surface area contributed by atoms with Crippen LogP contribution < -0.4 is 5.32 Å². The summed E-state index contributed by atoms with van der Waals surface area (Å²) in [6.07, 6.45) is 5.30. The number of ketones is 2. The van der Waals surface area contributed by atoms with Crippen LogP contribution in [0.1, 0.15) is 71.8 Å². The largest absolute Gasteiger partial charge is 0.464 e. The zero-order valence-corrected chi connectivity index (χ0v) is 22.1. The number of aromatic nitrogens is 1. The zero-order valence-electron chi connectivity index (χ0n) is 22.1. The number of terminal acetylenes is 1. The van der Waals surface area contributed by atoms with Crippen LogP contribution in [0.3, 0.4) is 0 Å². The minimum atomic E-state index is -1.18. The number of hydrogen-bond donors (Lipinski definition) is 1. The summed E-state index contributed by atoms with van der Waals surface area (Å²) >= 11 is 0. The molecule has 7 nitrogen and oxygen atoms in total.